The number of esters is 2. The molecule has 0 aliphatic heterocycles. The number of hydrogen-bond acceptors (Lipinski definition) is 17. The van der Waals surface area contributed by atoms with Crippen molar-refractivity contribution in [2.45, 2.75) is 32.8 Å². The van der Waals surface area contributed by atoms with Crippen LogP contribution in [0.1, 0.15) is 26.7 Å². The third-order valence-electron chi connectivity index (χ3n) is 9.22. The zero-order chi connectivity index (χ0) is 45.0. The van der Waals surface area contributed by atoms with Gasteiger partial charge in [0, 0.05) is 68.4 Å². The molecule has 0 spiro atoms. The topological polar surface area (TPSA) is 238 Å². The maximum atomic E-state index is 12.7. The summed E-state index contributed by atoms with van der Waals surface area (Å²) in [6.45, 7) is 6.14. The normalized spacial score (nSPS) is 11.9. The molecule has 0 aliphatic rings. The molecular formula is C41H47Cl2N9O10. The first kappa shape index (κ1) is 48.5. The van der Waals surface area contributed by atoms with Crippen molar-refractivity contribution in [2.75, 3.05) is 75.4 Å². The number of ether oxygens (including phenoxy) is 2. The van der Waals surface area contributed by atoms with Gasteiger partial charge in [-0.1, -0.05) is 23.2 Å². The van der Waals surface area contributed by atoms with Crippen LogP contribution in [0, 0.1) is 20.2 Å². The molecule has 0 saturated heterocycles. The number of halogens is 2. The molecule has 0 saturated carbocycles. The minimum Gasteiger partial charge on any atom is -0.464 e. The Labute approximate surface area is 367 Å². The zero-order valence-electron chi connectivity index (χ0n) is 34.1. The van der Waals surface area contributed by atoms with Crippen LogP contribution in [0.5, 0.6) is 0 Å². The number of azo groups is 2. The molecule has 1 unspecified atom stereocenters. The van der Waals surface area contributed by atoms with E-state index in [4.69, 9.17) is 32.7 Å². The van der Waals surface area contributed by atoms with E-state index >= 15 is 0 Å². The summed E-state index contributed by atoms with van der Waals surface area (Å²) in [6, 6.07) is 22.2. The van der Waals surface area contributed by atoms with Crippen LogP contribution < -0.4 is 9.80 Å². The molecule has 0 aromatic heterocycles. The lowest BCUT2D eigenvalue weighted by molar-refractivity contribution is -0.385. The number of non-ortho nitro benzene ring substituents is 2. The number of benzene rings is 4. The minimum atomic E-state index is -1.07. The summed E-state index contributed by atoms with van der Waals surface area (Å²) in [5.74, 6) is -0.921. The highest BCUT2D eigenvalue weighted by Gasteiger charge is 2.17. The number of carbonyl (C=O) groups excluding carboxylic acids is 2. The van der Waals surface area contributed by atoms with Crippen LogP contribution in [-0.2, 0) is 19.1 Å². The predicted molar refractivity (Wildman–Crippen MR) is 234 cm³/mol. The molecule has 0 radical (unpaired) electrons. The van der Waals surface area contributed by atoms with Gasteiger partial charge in [0.1, 0.15) is 24.6 Å². The zero-order valence-corrected chi connectivity index (χ0v) is 35.6. The molecule has 0 heterocycles. The number of nitrogens with zero attached hydrogens (tertiary/aromatic N) is 9. The van der Waals surface area contributed by atoms with Gasteiger partial charge in [-0.05, 0) is 74.5 Å². The number of anilines is 2. The molecule has 0 amide bonds. The van der Waals surface area contributed by atoms with Crippen LogP contribution in [0.15, 0.2) is 105 Å². The summed E-state index contributed by atoms with van der Waals surface area (Å²) in [7, 11) is 0. The maximum Gasteiger partial charge on any atom is 0.307 e. The first-order chi connectivity index (χ1) is 29.8. The Morgan fingerprint density at radius 3 is 1.40 bits per heavy atom. The maximum absolute atomic E-state index is 12.7. The molecular weight excluding hydrogens is 849 g/mol. The Morgan fingerprint density at radius 1 is 0.661 bits per heavy atom. The number of carbonyl (C=O) groups is 2. The van der Waals surface area contributed by atoms with E-state index in [1.807, 2.05) is 47.9 Å². The molecule has 0 bridgehead atoms. The smallest absolute Gasteiger partial charge is 0.307 e. The van der Waals surface area contributed by atoms with Crippen molar-refractivity contribution in [2.24, 2.45) is 20.5 Å². The highest BCUT2D eigenvalue weighted by atomic mass is 35.5. The number of aliphatic hydroxyl groups excluding tert-OH is 2. The van der Waals surface area contributed by atoms with Crippen LogP contribution in [0.25, 0.3) is 0 Å². The van der Waals surface area contributed by atoms with Gasteiger partial charge in [-0.3, -0.25) is 34.7 Å². The third-order valence-corrected chi connectivity index (χ3v) is 9.82. The lowest BCUT2D eigenvalue weighted by Gasteiger charge is -2.25. The van der Waals surface area contributed by atoms with Crippen molar-refractivity contribution in [1.82, 2.24) is 4.90 Å². The number of rotatable bonds is 25. The average molecular weight is 897 g/mol. The second-order valence-corrected chi connectivity index (χ2v) is 14.3. The van der Waals surface area contributed by atoms with Crippen molar-refractivity contribution < 1.29 is 39.1 Å². The molecule has 4 rings (SSSR count). The fourth-order valence-corrected chi connectivity index (χ4v) is 6.26. The second kappa shape index (κ2) is 25.0. The molecule has 19 nitrogen and oxygen atoms in total. The van der Waals surface area contributed by atoms with Gasteiger partial charge in [0.15, 0.2) is 0 Å². The van der Waals surface area contributed by atoms with E-state index in [0.717, 1.165) is 11.4 Å². The summed E-state index contributed by atoms with van der Waals surface area (Å²) in [4.78, 5) is 51.9. The molecule has 21 heteroatoms. The Hall–Kier alpha value is -6.12. The van der Waals surface area contributed by atoms with Crippen molar-refractivity contribution in [3.63, 3.8) is 0 Å². The van der Waals surface area contributed by atoms with E-state index in [9.17, 15) is 40.0 Å². The standard InChI is InChI=1S/C41H47Cl2N9O10/c1-3-49(31-9-5-29(6-10-31)44-46-38-15-13-33(51(57)58)25-36(38)42)21-23-61-40(55)17-19-48(27-35(54)28-53)20-18-41(56)62-24-22-50(4-2)32-11-7-30(8-12-32)45-47-39-16-14-34(52(59)60)26-37(39)43/h5-16,25-26,35,53-54H,3-4,17-24,27-28H2,1-2H3/b46-44+,47-45+. The molecule has 330 valence electrons. The molecule has 4 aromatic rings. The fourth-order valence-electron chi connectivity index (χ4n) is 5.84. The quantitative estimate of drug-likeness (QED) is 0.0275. The fraction of sp³-hybridized carbons (Fsp3) is 0.366. The Bertz CT molecular complexity index is 2030. The molecule has 62 heavy (non-hydrogen) atoms. The van der Waals surface area contributed by atoms with Gasteiger partial charge < -0.3 is 29.5 Å². The lowest BCUT2D eigenvalue weighted by Crippen LogP contribution is -2.37. The van der Waals surface area contributed by atoms with E-state index in [1.54, 1.807) is 29.2 Å². The first-order valence-electron chi connectivity index (χ1n) is 19.5. The Morgan fingerprint density at radius 2 is 1.06 bits per heavy atom. The number of likely N-dealkylation sites (N-methyl/N-ethyl adjacent to an activating group) is 2. The molecule has 0 fully saturated rings. The summed E-state index contributed by atoms with van der Waals surface area (Å²) < 4.78 is 11.0. The minimum absolute atomic E-state index is 0.00574. The van der Waals surface area contributed by atoms with Gasteiger partial charge in [-0.2, -0.15) is 10.2 Å². The molecule has 4 aromatic carbocycles. The van der Waals surface area contributed by atoms with Gasteiger partial charge in [-0.15, -0.1) is 10.2 Å². The van der Waals surface area contributed by atoms with Gasteiger partial charge in [0.25, 0.3) is 11.4 Å². The van der Waals surface area contributed by atoms with Crippen LogP contribution >= 0.6 is 23.2 Å². The SMILES string of the molecule is CCN(CCOC(=O)CCN(CCC(=O)OCCN(CC)c1ccc(/N=N/c2ccc([N+](=O)[O-])cc2Cl)cc1)CC(O)CO)c1ccc(/N=N/c2ccc([N+](=O)[O-])cc2Cl)cc1. The average Bonchev–Trinajstić information content (AvgIpc) is 3.27. The van der Waals surface area contributed by atoms with Crippen LogP contribution in [-0.4, -0.2) is 109 Å². The van der Waals surface area contributed by atoms with Gasteiger partial charge >= 0.3 is 11.9 Å². The van der Waals surface area contributed by atoms with Crippen molar-refractivity contribution in [3.05, 3.63) is 115 Å². The molecule has 2 N–H and O–H groups in total. The van der Waals surface area contributed by atoms with E-state index in [0.29, 0.717) is 48.9 Å². The Kier molecular flexibility index (Phi) is 19.6. The van der Waals surface area contributed by atoms with E-state index in [1.165, 1.54) is 36.4 Å². The van der Waals surface area contributed by atoms with E-state index in [-0.39, 0.29) is 67.1 Å². The van der Waals surface area contributed by atoms with E-state index in [2.05, 4.69) is 20.5 Å². The van der Waals surface area contributed by atoms with Crippen molar-refractivity contribution >= 4 is 80.6 Å². The van der Waals surface area contributed by atoms with Crippen LogP contribution in [0.3, 0.4) is 0 Å². The van der Waals surface area contributed by atoms with Gasteiger partial charge in [0.05, 0.1) is 69.9 Å². The number of nitro groups is 2. The van der Waals surface area contributed by atoms with E-state index < -0.39 is 34.5 Å². The van der Waals surface area contributed by atoms with Crippen LogP contribution in [0.4, 0.5) is 45.5 Å². The third kappa shape index (κ3) is 15.7. The first-order valence-corrected chi connectivity index (χ1v) is 20.3. The highest BCUT2D eigenvalue weighted by molar-refractivity contribution is 6.33. The Balaban J connectivity index is 1.18. The monoisotopic (exact) mass is 895 g/mol. The molecule has 0 aliphatic carbocycles. The van der Waals surface area contributed by atoms with Gasteiger partial charge in [0.2, 0.25) is 0 Å². The summed E-state index contributed by atoms with van der Waals surface area (Å²) >= 11 is 12.2. The lowest BCUT2D eigenvalue weighted by atomic mass is 10.2. The highest BCUT2D eigenvalue weighted by Crippen LogP contribution is 2.32. The summed E-state index contributed by atoms with van der Waals surface area (Å²) in [6.07, 6.45) is -1.08. The second-order valence-electron chi connectivity index (χ2n) is 13.5. The summed E-state index contributed by atoms with van der Waals surface area (Å²) in [5, 5.41) is 58.1. The van der Waals surface area contributed by atoms with Crippen molar-refractivity contribution in [3.8, 4) is 0 Å². The number of aliphatic hydroxyl groups is 2. The number of nitro benzene ring substituents is 2. The predicted octanol–water partition coefficient (Wildman–Crippen LogP) is 8.52. The number of hydrogen-bond donors (Lipinski definition) is 2. The van der Waals surface area contributed by atoms with Gasteiger partial charge in [-0.25, -0.2) is 0 Å². The molecule has 1 atom stereocenters. The van der Waals surface area contributed by atoms with Crippen LogP contribution in [0.2, 0.25) is 10.0 Å². The largest absolute Gasteiger partial charge is 0.464 e. The van der Waals surface area contributed by atoms with Crippen molar-refractivity contribution in [1.29, 1.82) is 0 Å². The summed E-state index contributed by atoms with van der Waals surface area (Å²) in [5.41, 5.74) is 3.08.